The summed E-state index contributed by atoms with van der Waals surface area (Å²) in [6.07, 6.45) is 2.48. The summed E-state index contributed by atoms with van der Waals surface area (Å²) < 4.78 is 50.0. The number of morpholine rings is 1. The van der Waals surface area contributed by atoms with Crippen LogP contribution in [0.5, 0.6) is 0 Å². The lowest BCUT2D eigenvalue weighted by Crippen LogP contribution is -2.53. The topological polar surface area (TPSA) is 71.5 Å². The molecule has 1 N–H and O–H groups in total. The maximum absolute atomic E-state index is 14.5. The fourth-order valence-corrected chi connectivity index (χ4v) is 11.8. The highest BCUT2D eigenvalue weighted by atomic mass is 32.2. The Hall–Kier alpha value is -2.50. The number of halogens is 2. The Morgan fingerprint density at radius 3 is 2.59 bits per heavy atom. The number of benzene rings is 2. The second-order valence-corrected chi connectivity index (χ2v) is 14.0. The lowest BCUT2D eigenvalue weighted by molar-refractivity contribution is -0.0587. The van der Waals surface area contributed by atoms with Gasteiger partial charge in [-0.1, -0.05) is 27.1 Å². The number of ether oxygens (including phenoxy) is 3. The molecule has 39 heavy (non-hydrogen) atoms. The molecule has 2 aromatic carbocycles. The summed E-state index contributed by atoms with van der Waals surface area (Å²) in [5.41, 5.74) is 0.719. The highest BCUT2D eigenvalue weighted by molar-refractivity contribution is 8.29. The van der Waals surface area contributed by atoms with Gasteiger partial charge in [-0.3, -0.25) is 0 Å². The van der Waals surface area contributed by atoms with Gasteiger partial charge < -0.3 is 24.2 Å². The van der Waals surface area contributed by atoms with Crippen LogP contribution in [-0.4, -0.2) is 81.0 Å². The quantitative estimate of drug-likeness (QED) is 0.566. The van der Waals surface area contributed by atoms with Gasteiger partial charge >= 0.3 is 6.09 Å². The number of aliphatic hydroxyl groups excluding tert-OH is 1. The number of aryl methyl sites for hydroxylation is 1. The van der Waals surface area contributed by atoms with E-state index in [1.165, 1.54) is 12.1 Å². The summed E-state index contributed by atoms with van der Waals surface area (Å²) in [6.45, 7) is 3.66. The van der Waals surface area contributed by atoms with E-state index >= 15 is 0 Å². The molecule has 208 valence electrons. The van der Waals surface area contributed by atoms with Crippen molar-refractivity contribution < 1.29 is 32.9 Å². The molecule has 1 aliphatic carbocycles. The lowest BCUT2D eigenvalue weighted by Gasteiger charge is -2.47. The number of amides is 1. The number of fused-ring (bicyclic) bond motifs is 3. The molecule has 0 spiro atoms. The Bertz CT molecular complexity index is 1440. The van der Waals surface area contributed by atoms with Crippen LogP contribution >= 0.6 is 9.39 Å². The van der Waals surface area contributed by atoms with Crippen LogP contribution in [0.25, 0.3) is 0 Å². The predicted octanol–water partition coefficient (Wildman–Crippen LogP) is 4.27. The number of carbonyl (C=O) groups excluding carboxylic acids is 1. The van der Waals surface area contributed by atoms with Crippen molar-refractivity contribution in [3.63, 3.8) is 0 Å². The van der Waals surface area contributed by atoms with E-state index in [4.69, 9.17) is 14.2 Å². The average Bonchev–Trinajstić information content (AvgIpc) is 3.31. The molecule has 7 rings (SSSR count). The first-order chi connectivity index (χ1) is 18.9. The van der Waals surface area contributed by atoms with Crippen LogP contribution in [0.2, 0.25) is 0 Å². The third kappa shape index (κ3) is 3.72. The molecule has 0 bridgehead atoms. The second kappa shape index (κ2) is 9.27. The monoisotopic (exact) mass is 558 g/mol. The van der Waals surface area contributed by atoms with Crippen molar-refractivity contribution in [2.24, 2.45) is 0 Å². The first-order valence-electron chi connectivity index (χ1n) is 13.6. The highest BCUT2D eigenvalue weighted by Crippen LogP contribution is 2.67. The van der Waals surface area contributed by atoms with E-state index < -0.39 is 38.8 Å². The molecular formula is C29H32F2N2O5S. The van der Waals surface area contributed by atoms with Crippen LogP contribution in [0.1, 0.15) is 42.9 Å². The predicted molar refractivity (Wildman–Crippen MR) is 144 cm³/mol. The zero-order valence-corrected chi connectivity index (χ0v) is 22.6. The van der Waals surface area contributed by atoms with Gasteiger partial charge in [-0.25, -0.2) is 17.9 Å². The summed E-state index contributed by atoms with van der Waals surface area (Å²) >= 11 is 0. The van der Waals surface area contributed by atoms with Gasteiger partial charge in [-0.15, -0.1) is 0 Å². The van der Waals surface area contributed by atoms with E-state index in [-0.39, 0.29) is 25.3 Å². The first kappa shape index (κ1) is 25.5. The van der Waals surface area contributed by atoms with Gasteiger partial charge in [0.05, 0.1) is 49.6 Å². The molecule has 1 amide bonds. The zero-order valence-electron chi connectivity index (χ0n) is 21.8. The molecule has 7 nitrogen and oxygen atoms in total. The molecule has 4 heterocycles. The van der Waals surface area contributed by atoms with E-state index in [1.807, 2.05) is 6.92 Å². The Kier molecular flexibility index (Phi) is 6.06. The third-order valence-electron chi connectivity index (χ3n) is 8.77. The number of hydrogen-bond donors (Lipinski definition) is 1. The average molecular weight is 559 g/mol. The minimum absolute atomic E-state index is 0.102. The number of likely N-dealkylation sites (tertiary alicyclic amines) is 1. The zero-order chi connectivity index (χ0) is 26.9. The summed E-state index contributed by atoms with van der Waals surface area (Å²) in [4.78, 5) is 17.3. The molecule has 3 saturated heterocycles. The third-order valence-corrected chi connectivity index (χ3v) is 13.0. The van der Waals surface area contributed by atoms with Crippen molar-refractivity contribution >= 4 is 25.4 Å². The van der Waals surface area contributed by atoms with E-state index in [9.17, 15) is 18.7 Å². The van der Waals surface area contributed by atoms with Crippen molar-refractivity contribution in [2.45, 2.75) is 61.2 Å². The van der Waals surface area contributed by atoms with Crippen LogP contribution < -0.4 is 0 Å². The van der Waals surface area contributed by atoms with Gasteiger partial charge in [0.2, 0.25) is 0 Å². The van der Waals surface area contributed by atoms with Crippen LogP contribution in [-0.2, 0) is 14.2 Å². The molecule has 4 aliphatic heterocycles. The summed E-state index contributed by atoms with van der Waals surface area (Å²) in [5.74, 6) is -1.28. The Morgan fingerprint density at radius 1 is 1.18 bits per heavy atom. The SMILES string of the molecule is Cc1ccc(S2(=C3CCO3)=C3CC3(OC(=O)N3CCC[C@H]3CO)[C@H]3COC[C@@H](c4cc(F)cc(F)c4)N32)cc1. The number of carbonyl (C=O) groups is 1. The number of aliphatic hydroxyl groups is 1. The Balaban J connectivity index is 1.42. The maximum atomic E-state index is 14.5. The normalized spacial score (nSPS) is 33.5. The van der Waals surface area contributed by atoms with Crippen LogP contribution in [0.4, 0.5) is 13.6 Å². The van der Waals surface area contributed by atoms with Crippen molar-refractivity contribution in [3.8, 4) is 0 Å². The van der Waals surface area contributed by atoms with Crippen LogP contribution in [0, 0.1) is 18.6 Å². The summed E-state index contributed by atoms with van der Waals surface area (Å²) in [5, 5.41) is 10.8. The van der Waals surface area contributed by atoms with Gasteiger partial charge in [-0.05, 0) is 49.6 Å². The largest absolute Gasteiger partial charge is 0.435 e. The molecule has 0 aromatic heterocycles. The van der Waals surface area contributed by atoms with Gasteiger partial charge in [0.1, 0.15) is 11.6 Å². The van der Waals surface area contributed by atoms with Crippen molar-refractivity contribution in [1.82, 2.24) is 9.21 Å². The molecule has 5 aliphatic rings. The molecule has 4 fully saturated rings. The van der Waals surface area contributed by atoms with Crippen molar-refractivity contribution in [1.29, 1.82) is 0 Å². The molecule has 2 unspecified atom stereocenters. The highest BCUT2D eigenvalue weighted by Gasteiger charge is 2.71. The number of hydrogen-bond acceptors (Lipinski definition) is 6. The molecule has 1 saturated carbocycles. The minimum atomic E-state index is -2.10. The lowest BCUT2D eigenvalue weighted by atomic mass is 10.0. The number of nitrogens with zero attached hydrogens (tertiary/aromatic N) is 2. The van der Waals surface area contributed by atoms with Crippen molar-refractivity contribution in [2.75, 3.05) is 33.0 Å². The molecule has 10 heteroatoms. The van der Waals surface area contributed by atoms with Crippen molar-refractivity contribution in [3.05, 3.63) is 65.2 Å². The van der Waals surface area contributed by atoms with Gasteiger partial charge in [-0.2, -0.15) is 0 Å². The molecule has 0 radical (unpaired) electrons. The number of rotatable bonds is 4. The van der Waals surface area contributed by atoms with E-state index in [0.717, 1.165) is 45.7 Å². The van der Waals surface area contributed by atoms with E-state index in [1.54, 1.807) is 4.90 Å². The Morgan fingerprint density at radius 2 is 1.92 bits per heavy atom. The van der Waals surface area contributed by atoms with Crippen LogP contribution in [0.3, 0.4) is 0 Å². The van der Waals surface area contributed by atoms with Gasteiger partial charge in [0.15, 0.2) is 5.60 Å². The molecule has 5 atom stereocenters. The minimum Gasteiger partial charge on any atom is -0.435 e. The fourth-order valence-electron chi connectivity index (χ4n) is 6.81. The van der Waals surface area contributed by atoms with Crippen LogP contribution in [0.15, 0.2) is 47.4 Å². The molecule has 2 aromatic rings. The van der Waals surface area contributed by atoms with Gasteiger partial charge in [0.25, 0.3) is 0 Å². The summed E-state index contributed by atoms with van der Waals surface area (Å²) in [6, 6.07) is 10.9. The maximum Gasteiger partial charge on any atom is 0.411 e. The summed E-state index contributed by atoms with van der Waals surface area (Å²) in [7, 11) is -2.10. The smallest absolute Gasteiger partial charge is 0.411 e. The Labute approximate surface area is 226 Å². The fraction of sp³-hybridized carbons (Fsp3) is 0.483. The standard InChI is InChI=1S/C29H32F2N2O5S/c1-18-4-6-23(7-5-18)39(27-8-10-37-27)26-14-29(26,38-28(35)32-9-2-3-22(32)15-34)25-17-36-16-24(33(25)39)19-11-20(30)13-21(31)12-19/h4-7,11-13,22,24-25,34H,2-3,8-10,14-17H2,1H3/t22-,24-,25+,29?,39?/m0/s1. The van der Waals surface area contributed by atoms with E-state index in [0.29, 0.717) is 31.7 Å². The first-order valence-corrected chi connectivity index (χ1v) is 15.2. The van der Waals surface area contributed by atoms with E-state index in [2.05, 4.69) is 28.6 Å². The second-order valence-electron chi connectivity index (χ2n) is 11.0. The van der Waals surface area contributed by atoms with Gasteiger partial charge in [0, 0.05) is 35.2 Å². The molecular weight excluding hydrogens is 526 g/mol.